The van der Waals surface area contributed by atoms with Crippen LogP contribution in [0.1, 0.15) is 31.2 Å². The van der Waals surface area contributed by atoms with Crippen LogP contribution < -0.4 is 4.90 Å². The monoisotopic (exact) mass is 460 g/mol. The van der Waals surface area contributed by atoms with Crippen LogP contribution in [0.5, 0.6) is 0 Å². The van der Waals surface area contributed by atoms with Gasteiger partial charge in [-0.2, -0.15) is 13.2 Å². The molecule has 1 spiro atoms. The molecule has 2 aromatic heterocycles. The predicted molar refractivity (Wildman–Crippen MR) is 115 cm³/mol. The minimum absolute atomic E-state index is 0.244. The van der Waals surface area contributed by atoms with Gasteiger partial charge in [-0.25, -0.2) is 9.97 Å². The lowest BCUT2D eigenvalue weighted by molar-refractivity contribution is -0.158. The molecule has 174 valence electrons. The molecule has 2 aliphatic rings. The summed E-state index contributed by atoms with van der Waals surface area (Å²) in [4.78, 5) is 25.2. The number of pyridine rings is 1. The van der Waals surface area contributed by atoms with Gasteiger partial charge in [0.05, 0.1) is 34.7 Å². The molecule has 33 heavy (non-hydrogen) atoms. The highest BCUT2D eigenvalue weighted by Crippen LogP contribution is 2.38. The number of rotatable bonds is 3. The van der Waals surface area contributed by atoms with Gasteiger partial charge in [-0.1, -0.05) is 0 Å². The van der Waals surface area contributed by atoms with Crippen LogP contribution in [0.3, 0.4) is 0 Å². The normalized spacial score (nSPS) is 20.9. The number of H-pyrrole nitrogens is 1. The van der Waals surface area contributed by atoms with Crippen molar-refractivity contribution in [2.24, 2.45) is 5.92 Å². The second-order valence-corrected chi connectivity index (χ2v) is 8.78. The summed E-state index contributed by atoms with van der Waals surface area (Å²) in [5.74, 6) is 0.0610. The number of nitrogens with zero attached hydrogens (tertiary/aromatic N) is 3. The van der Waals surface area contributed by atoms with E-state index in [2.05, 4.69) is 19.9 Å². The Hall–Kier alpha value is -3.14. The SMILES string of the molecule is O=C(O)[C@H]1CCC2(CCN(c3ccc(-c4nc5ccc(C(F)(F)F)cc5[nH]4)cn3)CC2)OC1. The lowest BCUT2D eigenvalue weighted by Gasteiger charge is -2.45. The Labute approximate surface area is 187 Å². The summed E-state index contributed by atoms with van der Waals surface area (Å²) in [6.45, 7) is 1.79. The van der Waals surface area contributed by atoms with E-state index in [1.165, 1.54) is 6.07 Å². The van der Waals surface area contributed by atoms with Crippen molar-refractivity contribution in [2.75, 3.05) is 24.6 Å². The number of carboxylic acids is 1. The Morgan fingerprint density at radius 2 is 1.97 bits per heavy atom. The fourth-order valence-corrected chi connectivity index (χ4v) is 4.64. The summed E-state index contributed by atoms with van der Waals surface area (Å²) in [5, 5.41) is 9.16. The Morgan fingerprint density at radius 3 is 2.58 bits per heavy atom. The molecule has 2 N–H and O–H groups in total. The Bertz CT molecular complexity index is 1160. The first-order valence-corrected chi connectivity index (χ1v) is 10.9. The van der Waals surface area contributed by atoms with Gasteiger partial charge in [-0.05, 0) is 56.0 Å². The highest BCUT2D eigenvalue weighted by molar-refractivity contribution is 5.80. The number of benzene rings is 1. The summed E-state index contributed by atoms with van der Waals surface area (Å²) in [6.07, 6.45) is 0.283. The number of piperidine rings is 1. The Morgan fingerprint density at radius 1 is 1.18 bits per heavy atom. The summed E-state index contributed by atoms with van der Waals surface area (Å²) in [5.41, 5.74) is 0.504. The zero-order valence-corrected chi connectivity index (χ0v) is 17.7. The van der Waals surface area contributed by atoms with Crippen molar-refractivity contribution in [1.29, 1.82) is 0 Å². The van der Waals surface area contributed by atoms with E-state index >= 15 is 0 Å². The van der Waals surface area contributed by atoms with Gasteiger partial charge in [0, 0.05) is 24.8 Å². The van der Waals surface area contributed by atoms with Crippen LogP contribution in [0.2, 0.25) is 0 Å². The molecule has 10 heteroatoms. The second-order valence-electron chi connectivity index (χ2n) is 8.78. The lowest BCUT2D eigenvalue weighted by Crippen LogP contribution is -2.50. The molecule has 0 amide bonds. The lowest BCUT2D eigenvalue weighted by atomic mass is 9.82. The molecular formula is C23H23F3N4O3. The number of hydrogen-bond donors (Lipinski definition) is 2. The van der Waals surface area contributed by atoms with Crippen molar-refractivity contribution in [2.45, 2.75) is 37.5 Å². The molecule has 2 aliphatic heterocycles. The molecule has 0 radical (unpaired) electrons. The third-order valence-electron chi connectivity index (χ3n) is 6.72. The summed E-state index contributed by atoms with van der Waals surface area (Å²) < 4.78 is 44.8. The smallest absolute Gasteiger partial charge is 0.416 e. The van der Waals surface area contributed by atoms with Crippen LogP contribution in [0.25, 0.3) is 22.4 Å². The molecule has 2 fully saturated rings. The fourth-order valence-electron chi connectivity index (χ4n) is 4.64. The maximum Gasteiger partial charge on any atom is 0.416 e. The molecule has 1 atom stereocenters. The number of nitrogens with one attached hydrogen (secondary N) is 1. The van der Waals surface area contributed by atoms with Crippen molar-refractivity contribution in [3.05, 3.63) is 42.1 Å². The molecule has 5 rings (SSSR count). The van der Waals surface area contributed by atoms with Crippen LogP contribution in [0, 0.1) is 5.92 Å². The van der Waals surface area contributed by atoms with Gasteiger partial charge < -0.3 is 19.7 Å². The van der Waals surface area contributed by atoms with Crippen LogP contribution in [0.15, 0.2) is 36.5 Å². The first-order valence-electron chi connectivity index (χ1n) is 10.9. The fraction of sp³-hybridized carbons (Fsp3) is 0.435. The minimum Gasteiger partial charge on any atom is -0.481 e. The van der Waals surface area contributed by atoms with Crippen molar-refractivity contribution >= 4 is 22.8 Å². The van der Waals surface area contributed by atoms with Gasteiger partial charge in [-0.15, -0.1) is 0 Å². The zero-order chi connectivity index (χ0) is 23.2. The Kier molecular flexibility index (Phi) is 5.27. The van der Waals surface area contributed by atoms with Crippen LogP contribution in [-0.4, -0.2) is 51.3 Å². The molecule has 4 heterocycles. The van der Waals surface area contributed by atoms with Crippen LogP contribution in [0.4, 0.5) is 19.0 Å². The summed E-state index contributed by atoms with van der Waals surface area (Å²) >= 11 is 0. The summed E-state index contributed by atoms with van der Waals surface area (Å²) in [6, 6.07) is 7.17. The number of halogens is 3. The van der Waals surface area contributed by atoms with Gasteiger partial charge in [-0.3, -0.25) is 4.79 Å². The number of aromatic nitrogens is 3. The molecule has 7 nitrogen and oxygen atoms in total. The van der Waals surface area contributed by atoms with E-state index in [9.17, 15) is 18.0 Å². The highest BCUT2D eigenvalue weighted by atomic mass is 19.4. The Balaban J connectivity index is 1.26. The highest BCUT2D eigenvalue weighted by Gasteiger charge is 2.41. The van der Waals surface area contributed by atoms with E-state index in [1.807, 2.05) is 12.1 Å². The van der Waals surface area contributed by atoms with E-state index in [0.717, 1.165) is 50.3 Å². The van der Waals surface area contributed by atoms with Crippen molar-refractivity contribution < 1.29 is 27.8 Å². The van der Waals surface area contributed by atoms with E-state index in [1.54, 1.807) is 6.20 Å². The van der Waals surface area contributed by atoms with Gasteiger partial charge in [0.2, 0.25) is 0 Å². The number of carboxylic acid groups (broad SMARTS) is 1. The number of hydrogen-bond acceptors (Lipinski definition) is 5. The van der Waals surface area contributed by atoms with E-state index in [4.69, 9.17) is 9.84 Å². The third kappa shape index (κ3) is 4.27. The average molecular weight is 460 g/mol. The third-order valence-corrected chi connectivity index (χ3v) is 6.72. The molecule has 0 saturated carbocycles. The van der Waals surface area contributed by atoms with Crippen molar-refractivity contribution in [1.82, 2.24) is 15.0 Å². The predicted octanol–water partition coefficient (Wildman–Crippen LogP) is 4.49. The largest absolute Gasteiger partial charge is 0.481 e. The van der Waals surface area contributed by atoms with E-state index in [-0.39, 0.29) is 12.2 Å². The molecule has 1 aromatic carbocycles. The second kappa shape index (κ2) is 8.02. The van der Waals surface area contributed by atoms with Crippen LogP contribution in [-0.2, 0) is 15.7 Å². The first kappa shape index (κ1) is 21.7. The van der Waals surface area contributed by atoms with Gasteiger partial charge in [0.1, 0.15) is 11.6 Å². The number of aromatic amines is 1. The number of alkyl halides is 3. The molecule has 0 aliphatic carbocycles. The topological polar surface area (TPSA) is 91.3 Å². The van der Waals surface area contributed by atoms with E-state index < -0.39 is 23.6 Å². The average Bonchev–Trinajstić information content (AvgIpc) is 3.23. The van der Waals surface area contributed by atoms with Gasteiger partial charge >= 0.3 is 12.1 Å². The number of fused-ring (bicyclic) bond motifs is 1. The quantitative estimate of drug-likeness (QED) is 0.598. The number of carbonyl (C=O) groups is 1. The van der Waals surface area contributed by atoms with Gasteiger partial charge in [0.15, 0.2) is 0 Å². The zero-order valence-electron chi connectivity index (χ0n) is 17.7. The first-order chi connectivity index (χ1) is 15.7. The number of anilines is 1. The maximum absolute atomic E-state index is 13.0. The standard InChI is InChI=1S/C23H23F3N4O3/c24-23(25,26)16-2-3-17-18(11-16)29-20(28-17)14-1-4-19(27-12-14)30-9-7-22(8-10-30)6-5-15(13-33-22)21(31)32/h1-4,11-12,15H,5-10,13H2,(H,28,29)(H,31,32)/t15-/m0/s1. The molecule has 0 bridgehead atoms. The summed E-state index contributed by atoms with van der Waals surface area (Å²) in [7, 11) is 0. The van der Waals surface area contributed by atoms with Crippen molar-refractivity contribution in [3.63, 3.8) is 0 Å². The maximum atomic E-state index is 13.0. The molecule has 0 unspecified atom stereocenters. The number of aliphatic carboxylic acids is 1. The van der Waals surface area contributed by atoms with Crippen molar-refractivity contribution in [3.8, 4) is 11.4 Å². The molecular weight excluding hydrogens is 437 g/mol. The molecule has 2 saturated heterocycles. The van der Waals surface area contributed by atoms with E-state index in [0.29, 0.717) is 28.8 Å². The number of ether oxygens (including phenoxy) is 1. The minimum atomic E-state index is -4.41. The van der Waals surface area contributed by atoms with Crippen LogP contribution >= 0.6 is 0 Å². The van der Waals surface area contributed by atoms with Gasteiger partial charge in [0.25, 0.3) is 0 Å². The number of imidazole rings is 1. The molecule has 3 aromatic rings.